The van der Waals surface area contributed by atoms with Crippen molar-refractivity contribution in [3.63, 3.8) is 0 Å². The molecule has 2 bridgehead atoms. The summed E-state index contributed by atoms with van der Waals surface area (Å²) in [5, 5.41) is 11.4. The molecule has 8 heterocycles. The Bertz CT molecular complexity index is 2140. The fourth-order valence-corrected chi connectivity index (χ4v) is 8.73. The molecule has 5 N–H and O–H groups in total. The molecule has 8 rings (SSSR count). The Morgan fingerprint density at radius 2 is 1.83 bits per heavy atom. The van der Waals surface area contributed by atoms with Gasteiger partial charge in [0.2, 0.25) is 5.78 Å². The summed E-state index contributed by atoms with van der Waals surface area (Å²) in [5.41, 5.74) is 6.40. The van der Waals surface area contributed by atoms with Crippen molar-refractivity contribution < 1.29 is 42.1 Å². The van der Waals surface area contributed by atoms with E-state index in [0.29, 0.717) is 11.2 Å². The molecule has 3 aliphatic rings. The first kappa shape index (κ1) is 30.5. The van der Waals surface area contributed by atoms with Gasteiger partial charge in [-0.15, -0.1) is 0 Å². The number of rotatable bonds is 2. The van der Waals surface area contributed by atoms with Crippen molar-refractivity contribution in [2.75, 3.05) is 18.9 Å². The van der Waals surface area contributed by atoms with E-state index in [2.05, 4.69) is 42.2 Å². The van der Waals surface area contributed by atoms with Gasteiger partial charge in [-0.25, -0.2) is 33.9 Å². The Morgan fingerprint density at radius 1 is 1.02 bits per heavy atom. The van der Waals surface area contributed by atoms with Crippen molar-refractivity contribution in [3.8, 4) is 0 Å². The molecule has 3 aliphatic heterocycles. The van der Waals surface area contributed by atoms with Gasteiger partial charge in [-0.1, -0.05) is 12.2 Å². The van der Waals surface area contributed by atoms with E-state index in [1.54, 1.807) is 0 Å². The quantitative estimate of drug-likeness (QED) is 0.123. The number of aliphatic hydroxyl groups excluding tert-OH is 1. The smallest absolute Gasteiger partial charge is 0.386 e. The standard InChI is InChI=1S/C22H24N10O10P2S2/c23-16-12-17(26-6-25-16)31(7-27-12)20-10-3-9(39-20)4-37-44(36,46)42-15-11(5-38-43(35,45)41-10)40-21(14(15)33)32-8-28-13-18(32)29-22-24-1-2-30(22)19(13)34/h1-2,6-11,14-15,20-21,33H,3-5H2,(H,24,29)(H,35,45)(H,36,46)(H2,23,25,26)/t9-,10+,11+,14+,15+,20+,21+,43?,44?/m0/s1. The normalized spacial score (nSPS) is 35.7. The molecule has 5 aromatic rings. The van der Waals surface area contributed by atoms with Crippen LogP contribution in [0.1, 0.15) is 18.9 Å². The molecule has 3 fully saturated rings. The minimum absolute atomic E-state index is 0.0503. The van der Waals surface area contributed by atoms with Gasteiger partial charge in [0, 0.05) is 18.8 Å². The number of nitrogens with one attached hydrogen (secondary N) is 1. The molecule has 0 aliphatic carbocycles. The molecule has 0 amide bonds. The van der Waals surface area contributed by atoms with E-state index in [9.17, 15) is 19.4 Å². The van der Waals surface area contributed by atoms with E-state index in [4.69, 9.17) is 45.1 Å². The van der Waals surface area contributed by atoms with Gasteiger partial charge >= 0.3 is 13.5 Å². The van der Waals surface area contributed by atoms with E-state index in [1.165, 1.54) is 44.9 Å². The van der Waals surface area contributed by atoms with Crippen LogP contribution in [0.5, 0.6) is 0 Å². The number of H-pyrrole nitrogens is 1. The summed E-state index contributed by atoms with van der Waals surface area (Å²) < 4.78 is 52.9. The second kappa shape index (κ2) is 11.1. The van der Waals surface area contributed by atoms with E-state index >= 15 is 0 Å². The molecule has 2 unspecified atom stereocenters. The molecular weight excluding hydrogens is 690 g/mol. The summed E-state index contributed by atoms with van der Waals surface area (Å²) in [4.78, 5) is 47.7. The van der Waals surface area contributed by atoms with E-state index in [-0.39, 0.29) is 35.8 Å². The number of aromatic amines is 1. The third-order valence-electron chi connectivity index (χ3n) is 7.83. The number of fused-ring (bicyclic) bond motifs is 6. The van der Waals surface area contributed by atoms with Gasteiger partial charge in [0.05, 0.1) is 32.0 Å². The highest BCUT2D eigenvalue weighted by molar-refractivity contribution is 8.44. The minimum atomic E-state index is -4.15. The lowest BCUT2D eigenvalue weighted by Crippen LogP contribution is -2.36. The van der Waals surface area contributed by atoms with Crippen LogP contribution in [0.2, 0.25) is 0 Å². The second-order valence-corrected chi connectivity index (χ2v) is 16.3. The fraction of sp³-hybridized carbons (Fsp3) is 0.455. The average molecular weight is 715 g/mol. The Morgan fingerprint density at radius 3 is 2.67 bits per heavy atom. The molecular formula is C22H24N10O10P2S2. The summed E-state index contributed by atoms with van der Waals surface area (Å²) in [5.74, 6) is 0.384. The van der Waals surface area contributed by atoms with Crippen molar-refractivity contribution in [2.24, 2.45) is 0 Å². The number of thiol groups is 1. The van der Waals surface area contributed by atoms with Crippen LogP contribution in [-0.2, 0) is 43.9 Å². The van der Waals surface area contributed by atoms with Gasteiger partial charge in [-0.2, -0.15) is 0 Å². The lowest BCUT2D eigenvalue weighted by molar-refractivity contribution is -0.0582. The molecule has 24 heteroatoms. The number of aromatic nitrogens is 9. The molecule has 0 aromatic carbocycles. The third kappa shape index (κ3) is 5.18. The molecule has 0 saturated carbocycles. The highest BCUT2D eigenvalue weighted by Crippen LogP contribution is 2.58. The van der Waals surface area contributed by atoms with Crippen LogP contribution >= 0.6 is 25.8 Å². The van der Waals surface area contributed by atoms with Crippen LogP contribution in [-0.4, -0.2) is 97.2 Å². The van der Waals surface area contributed by atoms with Crippen molar-refractivity contribution in [3.05, 3.63) is 41.7 Å². The molecule has 46 heavy (non-hydrogen) atoms. The highest BCUT2D eigenvalue weighted by atomic mass is 32.7. The molecule has 0 radical (unpaired) electrons. The lowest BCUT2D eigenvalue weighted by atomic mass is 10.1. The van der Waals surface area contributed by atoms with Crippen molar-refractivity contribution >= 4 is 71.5 Å². The predicted molar refractivity (Wildman–Crippen MR) is 162 cm³/mol. The van der Waals surface area contributed by atoms with Crippen LogP contribution in [0.15, 0.2) is 36.2 Å². The van der Waals surface area contributed by atoms with E-state index in [0.717, 1.165) is 0 Å². The topological polar surface area (TPSA) is 251 Å². The zero-order valence-electron chi connectivity index (χ0n) is 23.1. The lowest BCUT2D eigenvalue weighted by Gasteiger charge is -2.27. The second-order valence-electron chi connectivity index (χ2n) is 10.7. The van der Waals surface area contributed by atoms with E-state index < -0.39 is 68.7 Å². The third-order valence-corrected chi connectivity index (χ3v) is 11.0. The molecule has 3 saturated heterocycles. The predicted octanol–water partition coefficient (Wildman–Crippen LogP) is 0.412. The largest absolute Gasteiger partial charge is 0.386 e. The summed E-state index contributed by atoms with van der Waals surface area (Å²) in [7, 11) is 0. The van der Waals surface area contributed by atoms with Crippen LogP contribution in [0.3, 0.4) is 0 Å². The summed E-state index contributed by atoms with van der Waals surface area (Å²) in [6.07, 6.45) is -0.818. The zero-order valence-corrected chi connectivity index (χ0v) is 26.6. The molecule has 20 nitrogen and oxygen atoms in total. The Labute approximate surface area is 266 Å². The number of ether oxygens (including phenoxy) is 2. The van der Waals surface area contributed by atoms with Gasteiger partial charge in [0.1, 0.15) is 41.9 Å². The summed E-state index contributed by atoms with van der Waals surface area (Å²) in [6, 6.07) is 0. The van der Waals surface area contributed by atoms with Gasteiger partial charge in [0.25, 0.3) is 5.56 Å². The fourth-order valence-electron chi connectivity index (χ4n) is 5.78. The number of nitrogen functional groups attached to an aromatic ring is 1. The Kier molecular flexibility index (Phi) is 7.36. The maximum atomic E-state index is 13.6. The van der Waals surface area contributed by atoms with Gasteiger partial charge in [-0.3, -0.25) is 27.5 Å². The highest BCUT2D eigenvalue weighted by Gasteiger charge is 2.50. The van der Waals surface area contributed by atoms with Crippen molar-refractivity contribution in [1.82, 2.24) is 43.4 Å². The van der Waals surface area contributed by atoms with Crippen LogP contribution < -0.4 is 11.3 Å². The molecule has 5 aromatic heterocycles. The first-order valence-electron chi connectivity index (χ1n) is 13.6. The Hall–Kier alpha value is -2.85. The average Bonchev–Trinajstić information content (AvgIpc) is 3.83. The minimum Gasteiger partial charge on any atom is -0.386 e. The van der Waals surface area contributed by atoms with Gasteiger partial charge in [-0.05, 0) is 11.8 Å². The number of imidazole rings is 3. The van der Waals surface area contributed by atoms with Crippen LogP contribution in [0.4, 0.5) is 5.82 Å². The monoisotopic (exact) mass is 714 g/mol. The van der Waals surface area contributed by atoms with Crippen molar-refractivity contribution in [2.45, 2.75) is 49.4 Å². The number of aliphatic hydroxyl groups is 1. The zero-order chi connectivity index (χ0) is 32.0. The van der Waals surface area contributed by atoms with Crippen LogP contribution in [0, 0.1) is 0 Å². The maximum absolute atomic E-state index is 13.6. The number of hydrogen-bond donors (Lipinski definition) is 5. The van der Waals surface area contributed by atoms with Gasteiger partial charge in [0.15, 0.2) is 29.4 Å². The van der Waals surface area contributed by atoms with Gasteiger partial charge < -0.3 is 34.7 Å². The molecule has 9 atom stereocenters. The first-order chi connectivity index (χ1) is 22.0. The Balaban J connectivity index is 1.10. The number of hydrogen-bond acceptors (Lipinski definition) is 16. The first-order valence-corrected chi connectivity index (χ1v) is 18.9. The number of nitrogens with two attached hydrogens (primary N) is 1. The SMILES string of the molecule is Nc1ncnc2c1ncn2[C@@H]1O[C@@H]2COP(O)(=S)O[C@H]3[C@@H](O)[C@H](n4cnc5c(=O)n6ccnc6[nH]c54)O[C@@H]3COP(=O)(S)O[C@@H]1C2. The van der Waals surface area contributed by atoms with Crippen LogP contribution in [0.25, 0.3) is 28.1 Å². The summed E-state index contributed by atoms with van der Waals surface area (Å²) in [6.45, 7) is -8.94. The number of anilines is 1. The number of nitrogens with zero attached hydrogens (tertiary/aromatic N) is 8. The molecule has 244 valence electrons. The maximum Gasteiger partial charge on any atom is 0.386 e. The van der Waals surface area contributed by atoms with Crippen molar-refractivity contribution in [1.29, 1.82) is 0 Å². The summed E-state index contributed by atoms with van der Waals surface area (Å²) >= 11 is 9.48. The van der Waals surface area contributed by atoms with E-state index in [1.807, 2.05) is 0 Å². The molecule has 0 spiro atoms.